The van der Waals surface area contributed by atoms with Crippen molar-refractivity contribution in [2.75, 3.05) is 7.05 Å². The minimum absolute atomic E-state index is 0.0129. The van der Waals surface area contributed by atoms with Crippen LogP contribution in [0.25, 0.3) is 0 Å². The van der Waals surface area contributed by atoms with E-state index < -0.39 is 0 Å². The summed E-state index contributed by atoms with van der Waals surface area (Å²) in [5, 5.41) is 0. The van der Waals surface area contributed by atoms with Gasteiger partial charge in [-0.15, -0.1) is 0 Å². The van der Waals surface area contributed by atoms with Crippen LogP contribution in [0, 0.1) is 0 Å². The summed E-state index contributed by atoms with van der Waals surface area (Å²) in [5.41, 5.74) is 3.63. The van der Waals surface area contributed by atoms with Gasteiger partial charge in [0.1, 0.15) is 11.5 Å². The SMILES string of the molecule is CN=Cc1ccc(C(=O)c2ccc(Oc3ccc(C(C)(C)C)cc3)cc2)cc1. The fourth-order valence-electron chi connectivity index (χ4n) is 2.87. The second-order valence-corrected chi connectivity index (χ2v) is 7.74. The minimum Gasteiger partial charge on any atom is -0.457 e. The number of nitrogens with zero attached hydrogens (tertiary/aromatic N) is 1. The quantitative estimate of drug-likeness (QED) is 0.404. The van der Waals surface area contributed by atoms with Gasteiger partial charge >= 0.3 is 0 Å². The molecule has 3 aromatic rings. The van der Waals surface area contributed by atoms with Gasteiger partial charge in [0.2, 0.25) is 0 Å². The van der Waals surface area contributed by atoms with Crippen molar-refractivity contribution in [1.82, 2.24) is 0 Å². The van der Waals surface area contributed by atoms with Gasteiger partial charge in [0.05, 0.1) is 0 Å². The first kappa shape index (κ1) is 19.6. The van der Waals surface area contributed by atoms with E-state index in [1.165, 1.54) is 5.56 Å². The van der Waals surface area contributed by atoms with Crippen LogP contribution in [0.3, 0.4) is 0 Å². The highest BCUT2D eigenvalue weighted by atomic mass is 16.5. The zero-order valence-electron chi connectivity index (χ0n) is 16.8. The van der Waals surface area contributed by atoms with E-state index in [1.54, 1.807) is 25.4 Å². The van der Waals surface area contributed by atoms with Crippen LogP contribution in [0.2, 0.25) is 0 Å². The number of ether oxygens (including phenoxy) is 1. The van der Waals surface area contributed by atoms with Crippen molar-refractivity contribution in [3.05, 3.63) is 95.1 Å². The second kappa shape index (κ2) is 8.22. The summed E-state index contributed by atoms with van der Waals surface area (Å²) in [4.78, 5) is 16.6. The summed E-state index contributed by atoms with van der Waals surface area (Å²) in [6.07, 6.45) is 1.76. The molecule has 0 saturated carbocycles. The number of aliphatic imine (C=N–C) groups is 1. The Morgan fingerprint density at radius 2 is 1.25 bits per heavy atom. The Kier molecular flexibility index (Phi) is 5.74. The van der Waals surface area contributed by atoms with E-state index in [9.17, 15) is 4.79 Å². The highest BCUT2D eigenvalue weighted by Gasteiger charge is 2.13. The van der Waals surface area contributed by atoms with Gasteiger partial charge < -0.3 is 4.74 Å². The Labute approximate surface area is 166 Å². The third-order valence-corrected chi connectivity index (χ3v) is 4.52. The molecular formula is C25H25NO2. The highest BCUT2D eigenvalue weighted by Crippen LogP contribution is 2.27. The van der Waals surface area contributed by atoms with Crippen LogP contribution in [0.15, 0.2) is 77.8 Å². The predicted molar refractivity (Wildman–Crippen MR) is 115 cm³/mol. The molecule has 142 valence electrons. The molecule has 0 atom stereocenters. The van der Waals surface area contributed by atoms with Crippen LogP contribution < -0.4 is 4.74 Å². The van der Waals surface area contributed by atoms with E-state index >= 15 is 0 Å². The van der Waals surface area contributed by atoms with Crippen LogP contribution >= 0.6 is 0 Å². The Morgan fingerprint density at radius 3 is 1.71 bits per heavy atom. The molecule has 3 heteroatoms. The monoisotopic (exact) mass is 371 g/mol. The van der Waals surface area contributed by atoms with Gasteiger partial charge in [0.25, 0.3) is 0 Å². The number of hydrogen-bond donors (Lipinski definition) is 0. The molecule has 0 spiro atoms. The van der Waals surface area contributed by atoms with E-state index in [0.717, 1.165) is 11.3 Å². The van der Waals surface area contributed by atoms with Crippen molar-refractivity contribution >= 4 is 12.0 Å². The third kappa shape index (κ3) is 4.74. The summed E-state index contributed by atoms with van der Waals surface area (Å²) in [7, 11) is 1.72. The second-order valence-electron chi connectivity index (χ2n) is 7.74. The van der Waals surface area contributed by atoms with Crippen LogP contribution in [0.4, 0.5) is 0 Å². The Bertz CT molecular complexity index is 961. The molecule has 3 aromatic carbocycles. The Hall–Kier alpha value is -3.20. The molecule has 0 unspecified atom stereocenters. The molecule has 0 radical (unpaired) electrons. The molecule has 0 N–H and O–H groups in total. The topological polar surface area (TPSA) is 38.7 Å². The van der Waals surface area contributed by atoms with Gasteiger partial charge in [-0.05, 0) is 52.9 Å². The van der Waals surface area contributed by atoms with Crippen LogP contribution in [0.5, 0.6) is 11.5 Å². The zero-order valence-corrected chi connectivity index (χ0v) is 16.8. The summed E-state index contributed by atoms with van der Waals surface area (Å²) in [6, 6.07) is 22.8. The number of ketones is 1. The number of rotatable bonds is 5. The first-order chi connectivity index (χ1) is 13.4. The molecular weight excluding hydrogens is 346 g/mol. The molecule has 0 heterocycles. The maximum Gasteiger partial charge on any atom is 0.193 e. The normalized spacial score (nSPS) is 11.6. The lowest BCUT2D eigenvalue weighted by molar-refractivity contribution is 0.103. The first-order valence-electron chi connectivity index (χ1n) is 9.32. The average molecular weight is 371 g/mol. The van der Waals surface area contributed by atoms with Gasteiger partial charge in [-0.1, -0.05) is 57.2 Å². The molecule has 0 bridgehead atoms. The number of carbonyl (C=O) groups is 1. The van der Waals surface area contributed by atoms with E-state index in [2.05, 4.69) is 37.9 Å². The lowest BCUT2D eigenvalue weighted by atomic mass is 9.87. The van der Waals surface area contributed by atoms with Gasteiger partial charge in [0, 0.05) is 24.4 Å². The number of benzene rings is 3. The molecule has 0 saturated heterocycles. The van der Waals surface area contributed by atoms with Gasteiger partial charge in [-0.3, -0.25) is 9.79 Å². The lowest BCUT2D eigenvalue weighted by Crippen LogP contribution is -2.10. The third-order valence-electron chi connectivity index (χ3n) is 4.52. The van der Waals surface area contributed by atoms with Crippen molar-refractivity contribution in [2.24, 2.45) is 4.99 Å². The van der Waals surface area contributed by atoms with Crippen molar-refractivity contribution in [3.63, 3.8) is 0 Å². The largest absolute Gasteiger partial charge is 0.457 e. The summed E-state index contributed by atoms with van der Waals surface area (Å²) in [5.74, 6) is 1.47. The van der Waals surface area contributed by atoms with Crippen molar-refractivity contribution in [3.8, 4) is 11.5 Å². The van der Waals surface area contributed by atoms with E-state index in [1.807, 2.05) is 48.5 Å². The standard InChI is InChI=1S/C25H25NO2/c1-25(2,3)21-11-15-23(16-12-21)28-22-13-9-20(10-14-22)24(27)19-7-5-18(6-8-19)17-26-4/h5-17H,1-4H3. The molecule has 0 aromatic heterocycles. The lowest BCUT2D eigenvalue weighted by Gasteiger charge is -2.19. The van der Waals surface area contributed by atoms with Gasteiger partial charge in [-0.25, -0.2) is 0 Å². The number of hydrogen-bond acceptors (Lipinski definition) is 3. The van der Waals surface area contributed by atoms with Crippen LogP contribution in [-0.2, 0) is 5.41 Å². The van der Waals surface area contributed by atoms with E-state index in [0.29, 0.717) is 16.9 Å². The van der Waals surface area contributed by atoms with Crippen molar-refractivity contribution < 1.29 is 9.53 Å². The van der Waals surface area contributed by atoms with Gasteiger partial charge in [-0.2, -0.15) is 0 Å². The zero-order chi connectivity index (χ0) is 20.1. The molecule has 3 rings (SSSR count). The summed E-state index contributed by atoms with van der Waals surface area (Å²) in [6.45, 7) is 6.55. The van der Waals surface area contributed by atoms with Crippen molar-refractivity contribution in [2.45, 2.75) is 26.2 Å². The molecule has 0 aliphatic carbocycles. The summed E-state index contributed by atoms with van der Waals surface area (Å²) < 4.78 is 5.90. The van der Waals surface area contributed by atoms with Crippen molar-refractivity contribution in [1.29, 1.82) is 0 Å². The van der Waals surface area contributed by atoms with Crippen LogP contribution in [-0.4, -0.2) is 19.0 Å². The number of carbonyl (C=O) groups excluding carboxylic acids is 1. The maximum atomic E-state index is 12.6. The highest BCUT2D eigenvalue weighted by molar-refractivity contribution is 6.09. The molecule has 0 aliphatic rings. The van der Waals surface area contributed by atoms with Gasteiger partial charge in [0.15, 0.2) is 5.78 Å². The molecule has 0 fully saturated rings. The Morgan fingerprint density at radius 1 is 0.786 bits per heavy atom. The fraction of sp³-hybridized carbons (Fsp3) is 0.200. The smallest absolute Gasteiger partial charge is 0.193 e. The van der Waals surface area contributed by atoms with E-state index in [4.69, 9.17) is 4.74 Å². The van der Waals surface area contributed by atoms with Crippen LogP contribution in [0.1, 0.15) is 47.8 Å². The molecule has 3 nitrogen and oxygen atoms in total. The summed E-state index contributed by atoms with van der Waals surface area (Å²) >= 11 is 0. The average Bonchev–Trinajstić information content (AvgIpc) is 2.69. The van der Waals surface area contributed by atoms with E-state index in [-0.39, 0.29) is 11.2 Å². The Balaban J connectivity index is 1.70. The molecule has 0 aliphatic heterocycles. The minimum atomic E-state index is -0.0129. The first-order valence-corrected chi connectivity index (χ1v) is 9.32. The molecule has 28 heavy (non-hydrogen) atoms. The molecule has 0 amide bonds. The maximum absolute atomic E-state index is 12.6. The predicted octanol–water partition coefficient (Wildman–Crippen LogP) is 6.06. The fourth-order valence-corrected chi connectivity index (χ4v) is 2.87.